The molecule has 1 spiro atoms. The van der Waals surface area contributed by atoms with Crippen LogP contribution in [0.5, 0.6) is 0 Å². The molecule has 4 heteroatoms. The van der Waals surface area contributed by atoms with Crippen molar-refractivity contribution in [1.82, 2.24) is 4.90 Å². The molecule has 0 aromatic rings. The number of ether oxygens (including phenoxy) is 2. The number of morpholine rings is 1. The fourth-order valence-corrected chi connectivity index (χ4v) is 2.78. The average Bonchev–Trinajstić information content (AvgIpc) is 2.40. The lowest BCUT2D eigenvalue weighted by Crippen LogP contribution is -2.54. The van der Waals surface area contributed by atoms with Gasteiger partial charge in [-0.05, 0) is 18.8 Å². The van der Waals surface area contributed by atoms with Crippen LogP contribution in [0.15, 0.2) is 0 Å². The first-order chi connectivity index (χ1) is 8.76. The zero-order valence-electron chi connectivity index (χ0n) is 11.0. The molecule has 1 saturated carbocycles. The van der Waals surface area contributed by atoms with Gasteiger partial charge in [-0.15, -0.1) is 0 Å². The van der Waals surface area contributed by atoms with Gasteiger partial charge in [-0.2, -0.15) is 0 Å². The van der Waals surface area contributed by atoms with Gasteiger partial charge < -0.3 is 14.4 Å². The van der Waals surface area contributed by atoms with Crippen LogP contribution in [0.25, 0.3) is 0 Å². The maximum absolute atomic E-state index is 11.9. The van der Waals surface area contributed by atoms with Crippen LogP contribution >= 0.6 is 0 Å². The van der Waals surface area contributed by atoms with Crippen molar-refractivity contribution < 1.29 is 14.3 Å². The molecule has 0 unspecified atom stereocenters. The number of amides is 1. The Morgan fingerprint density at radius 3 is 2.89 bits per heavy atom. The normalized spacial score (nSPS) is 22.4. The Morgan fingerprint density at radius 2 is 2.17 bits per heavy atom. The fourth-order valence-electron chi connectivity index (χ4n) is 2.78. The zero-order valence-corrected chi connectivity index (χ0v) is 11.0. The molecule has 2 rings (SSSR count). The SMILES string of the molecule is COCC#CC(=O)N1CCOC2(CCCCC2)C1. The minimum absolute atomic E-state index is 0.0882. The average molecular weight is 251 g/mol. The van der Waals surface area contributed by atoms with Crippen molar-refractivity contribution in [2.24, 2.45) is 0 Å². The predicted octanol–water partition coefficient (Wildman–Crippen LogP) is 1.20. The molecule has 1 heterocycles. The molecule has 4 nitrogen and oxygen atoms in total. The Kier molecular flexibility index (Phi) is 4.62. The Morgan fingerprint density at radius 1 is 1.39 bits per heavy atom. The van der Waals surface area contributed by atoms with Crippen LogP contribution in [0.1, 0.15) is 32.1 Å². The maximum Gasteiger partial charge on any atom is 0.298 e. The number of methoxy groups -OCH3 is 1. The van der Waals surface area contributed by atoms with Crippen LogP contribution in [0.3, 0.4) is 0 Å². The van der Waals surface area contributed by atoms with Crippen molar-refractivity contribution in [3.8, 4) is 11.8 Å². The van der Waals surface area contributed by atoms with E-state index < -0.39 is 0 Å². The van der Waals surface area contributed by atoms with Crippen molar-refractivity contribution in [3.63, 3.8) is 0 Å². The van der Waals surface area contributed by atoms with E-state index in [1.807, 2.05) is 4.90 Å². The van der Waals surface area contributed by atoms with Gasteiger partial charge in [-0.25, -0.2) is 0 Å². The number of hydrogen-bond donors (Lipinski definition) is 0. The van der Waals surface area contributed by atoms with Gasteiger partial charge in [-0.3, -0.25) is 4.79 Å². The van der Waals surface area contributed by atoms with Crippen LogP contribution in [-0.2, 0) is 14.3 Å². The Labute approximate surface area is 109 Å². The number of rotatable bonds is 1. The van der Waals surface area contributed by atoms with Crippen molar-refractivity contribution >= 4 is 5.91 Å². The number of nitrogens with zero attached hydrogens (tertiary/aromatic N) is 1. The van der Waals surface area contributed by atoms with Crippen molar-refractivity contribution in [3.05, 3.63) is 0 Å². The highest BCUT2D eigenvalue weighted by Gasteiger charge is 2.38. The lowest BCUT2D eigenvalue weighted by atomic mass is 9.83. The molecule has 1 saturated heterocycles. The van der Waals surface area contributed by atoms with Crippen LogP contribution in [-0.4, -0.2) is 49.8 Å². The third kappa shape index (κ3) is 3.24. The van der Waals surface area contributed by atoms with Gasteiger partial charge in [0.15, 0.2) is 0 Å². The van der Waals surface area contributed by atoms with E-state index in [1.54, 1.807) is 7.11 Å². The molecular formula is C14H21NO3. The van der Waals surface area contributed by atoms with E-state index >= 15 is 0 Å². The summed E-state index contributed by atoms with van der Waals surface area (Å²) in [5.41, 5.74) is -0.0882. The van der Waals surface area contributed by atoms with Crippen molar-refractivity contribution in [2.75, 3.05) is 33.4 Å². The first kappa shape index (κ1) is 13.4. The third-order valence-corrected chi connectivity index (χ3v) is 3.71. The molecule has 0 N–H and O–H groups in total. The summed E-state index contributed by atoms with van der Waals surface area (Å²) in [6.45, 7) is 2.30. The molecule has 0 bridgehead atoms. The largest absolute Gasteiger partial charge is 0.372 e. The minimum Gasteiger partial charge on any atom is -0.372 e. The fraction of sp³-hybridized carbons (Fsp3) is 0.786. The van der Waals surface area contributed by atoms with Gasteiger partial charge in [0.25, 0.3) is 5.91 Å². The topological polar surface area (TPSA) is 38.8 Å². The van der Waals surface area contributed by atoms with E-state index in [4.69, 9.17) is 9.47 Å². The lowest BCUT2D eigenvalue weighted by molar-refractivity contribution is -0.151. The van der Waals surface area contributed by atoms with Gasteiger partial charge in [0.2, 0.25) is 0 Å². The molecule has 18 heavy (non-hydrogen) atoms. The Hall–Kier alpha value is -1.05. The number of carbonyl (C=O) groups excluding carboxylic acids is 1. The summed E-state index contributed by atoms with van der Waals surface area (Å²) >= 11 is 0. The third-order valence-electron chi connectivity index (χ3n) is 3.71. The molecule has 2 aliphatic rings. The van der Waals surface area contributed by atoms with E-state index in [0.29, 0.717) is 26.3 Å². The van der Waals surface area contributed by atoms with Crippen LogP contribution in [0.2, 0.25) is 0 Å². The second-order valence-corrected chi connectivity index (χ2v) is 5.05. The number of hydrogen-bond acceptors (Lipinski definition) is 3. The minimum atomic E-state index is -0.0969. The summed E-state index contributed by atoms with van der Waals surface area (Å²) in [4.78, 5) is 13.8. The highest BCUT2D eigenvalue weighted by molar-refractivity contribution is 5.93. The van der Waals surface area contributed by atoms with E-state index in [9.17, 15) is 4.79 Å². The van der Waals surface area contributed by atoms with Gasteiger partial charge in [-0.1, -0.05) is 25.2 Å². The molecule has 0 aromatic heterocycles. The smallest absolute Gasteiger partial charge is 0.298 e. The molecule has 1 aliphatic heterocycles. The molecule has 0 radical (unpaired) electrons. The lowest BCUT2D eigenvalue weighted by Gasteiger charge is -2.44. The zero-order chi connectivity index (χ0) is 12.8. The van der Waals surface area contributed by atoms with E-state index in [0.717, 1.165) is 12.8 Å². The highest BCUT2D eigenvalue weighted by atomic mass is 16.5. The summed E-state index contributed by atoms with van der Waals surface area (Å²) in [7, 11) is 1.57. The van der Waals surface area contributed by atoms with E-state index in [1.165, 1.54) is 19.3 Å². The molecule has 100 valence electrons. The van der Waals surface area contributed by atoms with Gasteiger partial charge >= 0.3 is 0 Å². The van der Waals surface area contributed by atoms with Crippen LogP contribution in [0, 0.1) is 11.8 Å². The van der Waals surface area contributed by atoms with Gasteiger partial charge in [0.1, 0.15) is 6.61 Å². The molecule has 1 aliphatic carbocycles. The Balaban J connectivity index is 1.94. The van der Waals surface area contributed by atoms with Crippen molar-refractivity contribution in [1.29, 1.82) is 0 Å². The highest BCUT2D eigenvalue weighted by Crippen LogP contribution is 2.34. The second kappa shape index (κ2) is 6.21. The predicted molar refractivity (Wildman–Crippen MR) is 68.0 cm³/mol. The van der Waals surface area contributed by atoms with E-state index in [-0.39, 0.29) is 11.5 Å². The monoisotopic (exact) mass is 251 g/mol. The molecule has 2 fully saturated rings. The molecular weight excluding hydrogens is 230 g/mol. The summed E-state index contributed by atoms with van der Waals surface area (Å²) in [5.74, 6) is 5.25. The summed E-state index contributed by atoms with van der Waals surface area (Å²) in [6.07, 6.45) is 5.84. The molecule has 0 atom stereocenters. The summed E-state index contributed by atoms with van der Waals surface area (Å²) < 4.78 is 10.8. The summed E-state index contributed by atoms with van der Waals surface area (Å²) in [6, 6.07) is 0. The second-order valence-electron chi connectivity index (χ2n) is 5.05. The first-order valence-corrected chi connectivity index (χ1v) is 6.66. The standard InChI is InChI=1S/C14H21NO3/c1-17-10-5-6-13(16)15-9-11-18-14(12-15)7-3-2-4-8-14/h2-4,7-12H2,1H3. The quantitative estimate of drug-likeness (QED) is 0.657. The van der Waals surface area contributed by atoms with Gasteiger partial charge in [0, 0.05) is 13.7 Å². The first-order valence-electron chi connectivity index (χ1n) is 6.66. The van der Waals surface area contributed by atoms with Crippen LogP contribution < -0.4 is 0 Å². The maximum atomic E-state index is 11.9. The molecule has 0 aromatic carbocycles. The molecule has 1 amide bonds. The van der Waals surface area contributed by atoms with E-state index in [2.05, 4.69) is 11.8 Å². The Bertz CT molecular complexity index is 344. The van der Waals surface area contributed by atoms with Gasteiger partial charge in [0.05, 0.1) is 18.8 Å². The summed E-state index contributed by atoms with van der Waals surface area (Å²) in [5, 5.41) is 0. The van der Waals surface area contributed by atoms with Crippen molar-refractivity contribution in [2.45, 2.75) is 37.7 Å². The number of carbonyl (C=O) groups is 1. The van der Waals surface area contributed by atoms with Crippen LogP contribution in [0.4, 0.5) is 0 Å².